The minimum atomic E-state index is 0.621. The fourth-order valence-corrected chi connectivity index (χ4v) is 4.19. The Morgan fingerprint density at radius 2 is 1.70 bits per heavy atom. The van der Waals surface area contributed by atoms with Crippen LogP contribution in [0.15, 0.2) is 35.5 Å². The lowest BCUT2D eigenvalue weighted by Crippen LogP contribution is -2.02. The Kier molecular flexibility index (Phi) is 4.65. The lowest BCUT2D eigenvalue weighted by atomic mass is 10.2. The van der Waals surface area contributed by atoms with Crippen LogP contribution in [0.3, 0.4) is 0 Å². The van der Waals surface area contributed by atoms with Crippen molar-refractivity contribution in [2.75, 3.05) is 0 Å². The van der Waals surface area contributed by atoms with Gasteiger partial charge < -0.3 is 0 Å². The van der Waals surface area contributed by atoms with E-state index in [4.69, 9.17) is 11.6 Å². The maximum Gasteiger partial charge on any atom is 0.253 e. The Labute approximate surface area is 166 Å². The summed E-state index contributed by atoms with van der Waals surface area (Å²) >= 11 is 8.14. The van der Waals surface area contributed by atoms with Crippen LogP contribution >= 0.6 is 23.4 Å². The summed E-state index contributed by atoms with van der Waals surface area (Å²) in [6.07, 6.45) is 0. The van der Waals surface area contributed by atoms with Gasteiger partial charge in [-0.25, -0.2) is 14.2 Å². The predicted molar refractivity (Wildman–Crippen MR) is 108 cm³/mol. The van der Waals surface area contributed by atoms with E-state index < -0.39 is 0 Å². The van der Waals surface area contributed by atoms with E-state index in [1.807, 2.05) is 58.0 Å². The van der Waals surface area contributed by atoms with Crippen molar-refractivity contribution in [2.24, 2.45) is 0 Å². The van der Waals surface area contributed by atoms with Crippen LogP contribution in [0, 0.1) is 27.7 Å². The van der Waals surface area contributed by atoms with Gasteiger partial charge in [0.1, 0.15) is 5.15 Å². The molecule has 0 fully saturated rings. The number of thioether (sulfide) groups is 1. The SMILES string of the molecule is Cc1nc2nc(SCc3c(C)nn(-c4ccccc4)c3Cl)nn2c(C)c1C. The van der Waals surface area contributed by atoms with Crippen molar-refractivity contribution in [3.05, 3.63) is 63.7 Å². The van der Waals surface area contributed by atoms with Crippen molar-refractivity contribution in [3.63, 3.8) is 0 Å². The number of hydrogen-bond donors (Lipinski definition) is 0. The van der Waals surface area contributed by atoms with Crippen LogP contribution in [0.1, 0.15) is 28.2 Å². The molecule has 0 saturated heterocycles. The van der Waals surface area contributed by atoms with Gasteiger partial charge in [-0.15, -0.1) is 5.10 Å². The highest BCUT2D eigenvalue weighted by atomic mass is 35.5. The van der Waals surface area contributed by atoms with Gasteiger partial charge in [0, 0.05) is 22.7 Å². The first-order chi connectivity index (χ1) is 13.0. The van der Waals surface area contributed by atoms with Gasteiger partial charge in [0.25, 0.3) is 5.78 Å². The summed E-state index contributed by atoms with van der Waals surface area (Å²) in [5.41, 5.74) is 6.00. The Balaban J connectivity index is 1.62. The molecule has 0 aliphatic carbocycles. The zero-order chi connectivity index (χ0) is 19.1. The van der Waals surface area contributed by atoms with Crippen LogP contribution in [0.4, 0.5) is 0 Å². The van der Waals surface area contributed by atoms with Gasteiger partial charge in [-0.05, 0) is 45.4 Å². The van der Waals surface area contributed by atoms with Crippen molar-refractivity contribution >= 4 is 29.1 Å². The smallest absolute Gasteiger partial charge is 0.222 e. The van der Waals surface area contributed by atoms with Gasteiger partial charge in [0.2, 0.25) is 5.16 Å². The van der Waals surface area contributed by atoms with Gasteiger partial charge in [0.05, 0.1) is 11.4 Å². The fourth-order valence-electron chi connectivity index (χ4n) is 2.87. The number of benzene rings is 1. The van der Waals surface area contributed by atoms with Crippen molar-refractivity contribution in [1.82, 2.24) is 29.4 Å². The predicted octanol–water partition coefficient (Wildman–Crippen LogP) is 4.49. The molecule has 3 aromatic heterocycles. The third-order valence-corrected chi connectivity index (χ3v) is 5.96. The number of fused-ring (bicyclic) bond motifs is 1. The van der Waals surface area contributed by atoms with Gasteiger partial charge >= 0.3 is 0 Å². The summed E-state index contributed by atoms with van der Waals surface area (Å²) in [6, 6.07) is 9.88. The van der Waals surface area contributed by atoms with E-state index in [1.165, 1.54) is 11.8 Å². The number of para-hydroxylation sites is 1. The average Bonchev–Trinajstić information content (AvgIpc) is 3.19. The third kappa shape index (κ3) is 3.21. The van der Waals surface area contributed by atoms with Gasteiger partial charge in [-0.3, -0.25) is 0 Å². The van der Waals surface area contributed by atoms with Gasteiger partial charge in [0.15, 0.2) is 0 Å². The Hall–Kier alpha value is -2.38. The number of nitrogens with zero attached hydrogens (tertiary/aromatic N) is 6. The summed E-state index contributed by atoms with van der Waals surface area (Å²) in [4.78, 5) is 9.07. The molecule has 0 bridgehead atoms. The van der Waals surface area contributed by atoms with Crippen LogP contribution in [-0.4, -0.2) is 29.4 Å². The van der Waals surface area contributed by atoms with E-state index in [1.54, 1.807) is 9.20 Å². The summed E-state index contributed by atoms with van der Waals surface area (Å²) in [7, 11) is 0. The van der Waals surface area contributed by atoms with Crippen LogP contribution in [0.2, 0.25) is 5.15 Å². The molecule has 27 heavy (non-hydrogen) atoms. The molecule has 0 saturated carbocycles. The lowest BCUT2D eigenvalue weighted by molar-refractivity contribution is 0.832. The van der Waals surface area contributed by atoms with E-state index in [0.717, 1.165) is 33.9 Å². The normalized spacial score (nSPS) is 11.4. The molecular weight excluding hydrogens is 380 g/mol. The Morgan fingerprint density at radius 1 is 0.963 bits per heavy atom. The van der Waals surface area contributed by atoms with Gasteiger partial charge in [-0.1, -0.05) is 41.6 Å². The first kappa shape index (κ1) is 18.0. The number of aromatic nitrogens is 6. The van der Waals surface area contributed by atoms with E-state index in [-0.39, 0.29) is 0 Å². The van der Waals surface area contributed by atoms with Crippen molar-refractivity contribution < 1.29 is 0 Å². The van der Waals surface area contributed by atoms with E-state index in [9.17, 15) is 0 Å². The van der Waals surface area contributed by atoms with E-state index in [2.05, 4.69) is 20.2 Å². The molecular formula is C19H19ClN6S. The van der Waals surface area contributed by atoms with Gasteiger partial charge in [-0.2, -0.15) is 10.1 Å². The highest BCUT2D eigenvalue weighted by Crippen LogP contribution is 2.29. The molecule has 0 unspecified atom stereocenters. The monoisotopic (exact) mass is 398 g/mol. The van der Waals surface area contributed by atoms with Crippen LogP contribution in [0.25, 0.3) is 11.5 Å². The highest BCUT2D eigenvalue weighted by Gasteiger charge is 2.17. The zero-order valence-electron chi connectivity index (χ0n) is 15.6. The second kappa shape index (κ2) is 6.98. The fraction of sp³-hybridized carbons (Fsp3) is 0.263. The first-order valence-corrected chi connectivity index (χ1v) is 9.95. The van der Waals surface area contributed by atoms with E-state index in [0.29, 0.717) is 21.8 Å². The molecule has 1 aromatic carbocycles. The Morgan fingerprint density at radius 3 is 2.44 bits per heavy atom. The summed E-state index contributed by atoms with van der Waals surface area (Å²) in [5, 5.41) is 10.5. The zero-order valence-corrected chi connectivity index (χ0v) is 17.1. The molecule has 6 nitrogen and oxygen atoms in total. The molecule has 0 aliphatic rings. The van der Waals surface area contributed by atoms with Crippen molar-refractivity contribution in [1.29, 1.82) is 0 Å². The second-order valence-corrected chi connectivity index (χ2v) is 7.71. The number of aryl methyl sites for hydroxylation is 3. The largest absolute Gasteiger partial charge is 0.253 e. The molecule has 0 aliphatic heterocycles. The molecule has 0 radical (unpaired) electrons. The number of halogens is 1. The topological polar surface area (TPSA) is 60.9 Å². The average molecular weight is 399 g/mol. The summed E-state index contributed by atoms with van der Waals surface area (Å²) in [6.45, 7) is 8.04. The molecule has 4 rings (SSSR count). The number of rotatable bonds is 4. The molecule has 0 amide bonds. The first-order valence-electron chi connectivity index (χ1n) is 8.58. The molecule has 0 N–H and O–H groups in total. The van der Waals surface area contributed by atoms with Crippen molar-refractivity contribution in [2.45, 2.75) is 38.6 Å². The number of hydrogen-bond acceptors (Lipinski definition) is 5. The van der Waals surface area contributed by atoms with Crippen molar-refractivity contribution in [3.8, 4) is 5.69 Å². The minimum Gasteiger partial charge on any atom is -0.222 e. The quantitative estimate of drug-likeness (QED) is 0.474. The summed E-state index contributed by atoms with van der Waals surface area (Å²) < 4.78 is 3.56. The lowest BCUT2D eigenvalue weighted by Gasteiger charge is -2.04. The Bertz CT molecular complexity index is 1130. The standard InChI is InChI=1S/C19H19ClN6S/c1-11-12(2)21-18-22-19(24-25(18)14(11)4)27-10-16-13(3)23-26(17(16)20)15-8-6-5-7-9-15/h5-9H,10H2,1-4H3. The maximum absolute atomic E-state index is 6.60. The molecule has 138 valence electrons. The van der Waals surface area contributed by atoms with Crippen LogP contribution in [0.5, 0.6) is 0 Å². The van der Waals surface area contributed by atoms with Crippen LogP contribution < -0.4 is 0 Å². The third-order valence-electron chi connectivity index (χ3n) is 4.71. The van der Waals surface area contributed by atoms with Crippen LogP contribution in [-0.2, 0) is 5.75 Å². The summed E-state index contributed by atoms with van der Waals surface area (Å²) in [5.74, 6) is 1.27. The molecule has 0 atom stereocenters. The minimum absolute atomic E-state index is 0.621. The molecule has 8 heteroatoms. The maximum atomic E-state index is 6.60. The highest BCUT2D eigenvalue weighted by molar-refractivity contribution is 7.98. The molecule has 3 heterocycles. The van der Waals surface area contributed by atoms with E-state index >= 15 is 0 Å². The molecule has 0 spiro atoms. The second-order valence-electron chi connectivity index (χ2n) is 6.40. The molecule has 4 aromatic rings.